The molecule has 1 amide bonds. The fourth-order valence-electron chi connectivity index (χ4n) is 1.82. The number of H-pyrrole nitrogens is 1. The Hall–Kier alpha value is -1.36. The van der Waals surface area contributed by atoms with E-state index in [0.717, 1.165) is 18.4 Å². The van der Waals surface area contributed by atoms with Gasteiger partial charge >= 0.3 is 0 Å². The molecule has 1 fully saturated rings. The summed E-state index contributed by atoms with van der Waals surface area (Å²) in [6.07, 6.45) is 4.88. The summed E-state index contributed by atoms with van der Waals surface area (Å²) in [5, 5.41) is 6.54. The molecule has 2 rings (SSSR count). The van der Waals surface area contributed by atoms with Crippen LogP contribution in [0.25, 0.3) is 0 Å². The van der Waals surface area contributed by atoms with Crippen molar-refractivity contribution < 1.29 is 9.53 Å². The Morgan fingerprint density at radius 3 is 3.21 bits per heavy atom. The smallest absolute Gasteiger partial charge is 0.223 e. The maximum Gasteiger partial charge on any atom is 0.223 e. The number of hydrogen-bond donors (Lipinski definition) is 2. The fourth-order valence-corrected chi connectivity index (χ4v) is 1.82. The summed E-state index contributed by atoms with van der Waals surface area (Å²) < 4.78 is 5.54. The van der Waals surface area contributed by atoms with Gasteiger partial charge in [-0.2, -0.15) is 5.10 Å². The highest BCUT2D eigenvalue weighted by Gasteiger charge is 2.31. The zero-order valence-corrected chi connectivity index (χ0v) is 7.77. The molecule has 2 unspecified atom stereocenters. The molecule has 1 saturated heterocycles. The molecule has 1 aromatic rings. The van der Waals surface area contributed by atoms with Crippen LogP contribution in [0.5, 0.6) is 0 Å². The summed E-state index contributed by atoms with van der Waals surface area (Å²) in [4.78, 5) is 11.2. The van der Waals surface area contributed by atoms with Crippen molar-refractivity contribution in [3.63, 3.8) is 0 Å². The lowest BCUT2D eigenvalue weighted by molar-refractivity contribution is -0.131. The van der Waals surface area contributed by atoms with Crippen LogP contribution in [0.15, 0.2) is 12.4 Å². The molecule has 1 aromatic heterocycles. The van der Waals surface area contributed by atoms with E-state index in [0.29, 0.717) is 6.61 Å². The van der Waals surface area contributed by atoms with E-state index in [1.54, 1.807) is 12.4 Å². The summed E-state index contributed by atoms with van der Waals surface area (Å²) in [7, 11) is 0. The van der Waals surface area contributed by atoms with Gasteiger partial charge in [-0.15, -0.1) is 0 Å². The first-order valence-corrected chi connectivity index (χ1v) is 4.68. The topological polar surface area (TPSA) is 81.0 Å². The normalized spacial score (nSPS) is 27.4. The molecule has 0 radical (unpaired) electrons. The number of nitrogens with zero attached hydrogens (tertiary/aromatic N) is 1. The maximum absolute atomic E-state index is 11.2. The molecule has 5 heteroatoms. The summed E-state index contributed by atoms with van der Waals surface area (Å²) in [6, 6.07) is 0. The third-order valence-corrected chi connectivity index (χ3v) is 2.54. The van der Waals surface area contributed by atoms with E-state index in [9.17, 15) is 4.79 Å². The van der Waals surface area contributed by atoms with Gasteiger partial charge in [0.05, 0.1) is 18.2 Å². The number of amides is 1. The minimum Gasteiger partial charge on any atom is -0.373 e. The predicted octanol–water partition coefficient (Wildman–Crippen LogP) is 0.363. The van der Waals surface area contributed by atoms with Crippen LogP contribution < -0.4 is 5.73 Å². The van der Waals surface area contributed by atoms with Crippen molar-refractivity contribution >= 4 is 5.91 Å². The lowest BCUT2D eigenvalue weighted by Crippen LogP contribution is -2.33. The Morgan fingerprint density at radius 2 is 2.57 bits per heavy atom. The Labute approximate surface area is 81.6 Å². The third kappa shape index (κ3) is 1.63. The molecule has 0 saturated carbocycles. The van der Waals surface area contributed by atoms with E-state index < -0.39 is 0 Å². The largest absolute Gasteiger partial charge is 0.373 e. The highest BCUT2D eigenvalue weighted by molar-refractivity contribution is 5.77. The average molecular weight is 195 g/mol. The Morgan fingerprint density at radius 1 is 1.71 bits per heavy atom. The number of aromatic amines is 1. The van der Waals surface area contributed by atoms with Crippen LogP contribution in [0.4, 0.5) is 0 Å². The van der Waals surface area contributed by atoms with Crippen LogP contribution in [0.2, 0.25) is 0 Å². The Balaban J connectivity index is 2.18. The zero-order chi connectivity index (χ0) is 9.97. The van der Waals surface area contributed by atoms with E-state index in [1.807, 2.05) is 0 Å². The summed E-state index contributed by atoms with van der Waals surface area (Å²) in [6.45, 7) is 0.680. The molecule has 3 N–H and O–H groups in total. The minimum atomic E-state index is -0.295. The number of primary amides is 1. The van der Waals surface area contributed by atoms with Gasteiger partial charge in [0, 0.05) is 18.4 Å². The second-order valence-electron chi connectivity index (χ2n) is 3.47. The van der Waals surface area contributed by atoms with Gasteiger partial charge in [0.1, 0.15) is 0 Å². The average Bonchev–Trinajstić information content (AvgIpc) is 2.70. The van der Waals surface area contributed by atoms with Crippen LogP contribution >= 0.6 is 0 Å². The lowest BCUT2D eigenvalue weighted by Gasteiger charge is -2.28. The van der Waals surface area contributed by atoms with Crippen molar-refractivity contribution in [3.05, 3.63) is 18.0 Å². The van der Waals surface area contributed by atoms with Crippen molar-refractivity contribution in [2.45, 2.75) is 18.9 Å². The minimum absolute atomic E-state index is 0.221. The van der Waals surface area contributed by atoms with Gasteiger partial charge in [0.25, 0.3) is 0 Å². The van der Waals surface area contributed by atoms with Crippen LogP contribution in [-0.4, -0.2) is 22.7 Å². The standard InChI is InChI=1S/C9H13N3O2/c10-9(13)7-2-1-3-14-8(7)6-4-11-12-5-6/h4-5,7-8H,1-3H2,(H2,10,13)(H,11,12). The predicted molar refractivity (Wildman–Crippen MR) is 49.2 cm³/mol. The van der Waals surface area contributed by atoms with E-state index in [4.69, 9.17) is 10.5 Å². The molecule has 76 valence electrons. The molecular weight excluding hydrogens is 182 g/mol. The molecule has 1 aliphatic rings. The van der Waals surface area contributed by atoms with Gasteiger partial charge in [-0.25, -0.2) is 0 Å². The molecule has 0 aromatic carbocycles. The quantitative estimate of drug-likeness (QED) is 0.715. The highest BCUT2D eigenvalue weighted by Crippen LogP contribution is 2.32. The Bertz CT molecular complexity index is 310. The third-order valence-electron chi connectivity index (χ3n) is 2.54. The van der Waals surface area contributed by atoms with Crippen LogP contribution in [-0.2, 0) is 9.53 Å². The second-order valence-corrected chi connectivity index (χ2v) is 3.47. The van der Waals surface area contributed by atoms with Gasteiger partial charge in [-0.05, 0) is 12.8 Å². The lowest BCUT2D eigenvalue weighted by atomic mass is 9.90. The molecule has 1 aliphatic heterocycles. The molecule has 5 nitrogen and oxygen atoms in total. The maximum atomic E-state index is 11.2. The van der Waals surface area contributed by atoms with E-state index in [-0.39, 0.29) is 17.9 Å². The van der Waals surface area contributed by atoms with Crippen molar-refractivity contribution in [1.82, 2.24) is 10.2 Å². The monoisotopic (exact) mass is 195 g/mol. The Kier molecular flexibility index (Phi) is 2.49. The van der Waals surface area contributed by atoms with Gasteiger partial charge in [-0.1, -0.05) is 0 Å². The van der Waals surface area contributed by atoms with E-state index in [2.05, 4.69) is 10.2 Å². The van der Waals surface area contributed by atoms with E-state index >= 15 is 0 Å². The fraction of sp³-hybridized carbons (Fsp3) is 0.556. The van der Waals surface area contributed by atoms with E-state index in [1.165, 1.54) is 0 Å². The number of carbonyl (C=O) groups is 1. The van der Waals surface area contributed by atoms with Gasteiger partial charge in [0.15, 0.2) is 0 Å². The number of carbonyl (C=O) groups excluding carboxylic acids is 1. The summed E-state index contributed by atoms with van der Waals surface area (Å²) in [5.41, 5.74) is 6.21. The number of nitrogens with two attached hydrogens (primary N) is 1. The molecular formula is C9H13N3O2. The molecule has 0 spiro atoms. The molecule has 0 bridgehead atoms. The summed E-state index contributed by atoms with van der Waals surface area (Å²) in [5.74, 6) is -0.516. The van der Waals surface area contributed by atoms with Crippen LogP contribution in [0, 0.1) is 5.92 Å². The number of aromatic nitrogens is 2. The van der Waals surface area contributed by atoms with Crippen LogP contribution in [0.1, 0.15) is 24.5 Å². The second kappa shape index (κ2) is 3.79. The number of rotatable bonds is 2. The van der Waals surface area contributed by atoms with Gasteiger partial charge < -0.3 is 10.5 Å². The van der Waals surface area contributed by atoms with Crippen molar-refractivity contribution in [3.8, 4) is 0 Å². The van der Waals surface area contributed by atoms with Gasteiger partial charge in [0.2, 0.25) is 5.91 Å². The first-order valence-electron chi connectivity index (χ1n) is 4.68. The zero-order valence-electron chi connectivity index (χ0n) is 7.77. The number of nitrogens with one attached hydrogen (secondary N) is 1. The highest BCUT2D eigenvalue weighted by atomic mass is 16.5. The van der Waals surface area contributed by atoms with Crippen LogP contribution in [0.3, 0.4) is 0 Å². The van der Waals surface area contributed by atoms with Gasteiger partial charge in [-0.3, -0.25) is 9.89 Å². The summed E-state index contributed by atoms with van der Waals surface area (Å²) >= 11 is 0. The molecule has 14 heavy (non-hydrogen) atoms. The number of hydrogen-bond acceptors (Lipinski definition) is 3. The SMILES string of the molecule is NC(=O)C1CCCOC1c1cn[nH]c1. The first kappa shape index (κ1) is 9.21. The van der Waals surface area contributed by atoms with Crippen molar-refractivity contribution in [2.24, 2.45) is 11.7 Å². The first-order chi connectivity index (χ1) is 6.79. The molecule has 2 atom stereocenters. The van der Waals surface area contributed by atoms with Crippen molar-refractivity contribution in [1.29, 1.82) is 0 Å². The molecule has 2 heterocycles. The number of ether oxygens (including phenoxy) is 1. The molecule has 0 aliphatic carbocycles. The van der Waals surface area contributed by atoms with Crippen molar-refractivity contribution in [2.75, 3.05) is 6.61 Å².